The summed E-state index contributed by atoms with van der Waals surface area (Å²) in [5.41, 5.74) is 1.25. The van der Waals surface area contributed by atoms with Crippen molar-refractivity contribution in [1.82, 2.24) is 4.90 Å². The number of carbonyl (C=O) groups is 1. The van der Waals surface area contributed by atoms with Gasteiger partial charge in [-0.1, -0.05) is 42.5 Å². The van der Waals surface area contributed by atoms with Crippen LogP contribution in [0.5, 0.6) is 0 Å². The summed E-state index contributed by atoms with van der Waals surface area (Å²) in [6, 6.07) is 15.0. The van der Waals surface area contributed by atoms with Crippen molar-refractivity contribution in [3.63, 3.8) is 0 Å². The van der Waals surface area contributed by atoms with E-state index >= 15 is 0 Å². The Morgan fingerprint density at radius 1 is 1.15 bits per heavy atom. The lowest BCUT2D eigenvalue weighted by atomic mass is 9.97. The third-order valence-electron chi connectivity index (χ3n) is 5.87. The number of nitrogens with zero attached hydrogens (tertiary/aromatic N) is 1. The zero-order chi connectivity index (χ0) is 18.6. The predicted molar refractivity (Wildman–Crippen MR) is 107 cm³/mol. The molecule has 2 aromatic carbocycles. The van der Waals surface area contributed by atoms with Crippen LogP contribution in [0.4, 0.5) is 0 Å². The highest BCUT2D eigenvalue weighted by Gasteiger charge is 2.33. The first-order valence-corrected chi connectivity index (χ1v) is 10.3. The second-order valence-electron chi connectivity index (χ2n) is 7.72. The summed E-state index contributed by atoms with van der Waals surface area (Å²) in [7, 11) is 0. The average Bonchev–Trinajstić information content (AvgIpc) is 3.21. The molecule has 0 aliphatic carbocycles. The van der Waals surface area contributed by atoms with Gasteiger partial charge >= 0.3 is 0 Å². The summed E-state index contributed by atoms with van der Waals surface area (Å²) in [6.45, 7) is 4.01. The van der Waals surface area contributed by atoms with Gasteiger partial charge in [-0.15, -0.1) is 0 Å². The molecule has 2 aliphatic rings. The highest BCUT2D eigenvalue weighted by atomic mass is 16.5. The number of likely N-dealkylation sites (tertiary alicyclic amines) is 1. The van der Waals surface area contributed by atoms with Crippen LogP contribution in [0, 0.1) is 0 Å². The zero-order valence-corrected chi connectivity index (χ0v) is 16.1. The van der Waals surface area contributed by atoms with Crippen molar-refractivity contribution in [3.8, 4) is 0 Å². The van der Waals surface area contributed by atoms with E-state index in [0.29, 0.717) is 6.61 Å². The summed E-state index contributed by atoms with van der Waals surface area (Å²) in [5.74, 6) is 0.0984. The summed E-state index contributed by atoms with van der Waals surface area (Å²) in [5, 5.41) is 2.47. The normalized spacial score (nSPS) is 24.3. The van der Waals surface area contributed by atoms with E-state index in [4.69, 9.17) is 9.47 Å². The van der Waals surface area contributed by atoms with E-state index in [1.54, 1.807) is 0 Å². The molecule has 2 fully saturated rings. The SMILES string of the molecule is C[C@H](OC[C@@H]1CCCCO1)C(=O)N1CCC[C@H]1c1cccc2ccccc12. The number of carbonyl (C=O) groups excluding carboxylic acids is 1. The zero-order valence-electron chi connectivity index (χ0n) is 16.1. The minimum Gasteiger partial charge on any atom is -0.376 e. The fourth-order valence-corrected chi connectivity index (χ4v) is 4.39. The fourth-order valence-electron chi connectivity index (χ4n) is 4.39. The van der Waals surface area contributed by atoms with Crippen LogP contribution in [0.3, 0.4) is 0 Å². The molecule has 4 rings (SSSR count). The van der Waals surface area contributed by atoms with Crippen LogP contribution >= 0.6 is 0 Å². The smallest absolute Gasteiger partial charge is 0.251 e. The van der Waals surface area contributed by atoms with Gasteiger partial charge in [0.15, 0.2) is 0 Å². The van der Waals surface area contributed by atoms with E-state index in [9.17, 15) is 4.79 Å². The van der Waals surface area contributed by atoms with Gasteiger partial charge in [0.1, 0.15) is 6.10 Å². The van der Waals surface area contributed by atoms with Gasteiger partial charge in [0.05, 0.1) is 18.8 Å². The van der Waals surface area contributed by atoms with Gasteiger partial charge in [-0.2, -0.15) is 0 Å². The molecule has 0 bridgehead atoms. The number of hydrogen-bond donors (Lipinski definition) is 0. The molecule has 4 nitrogen and oxygen atoms in total. The molecule has 0 saturated carbocycles. The van der Waals surface area contributed by atoms with Crippen LogP contribution in [-0.2, 0) is 14.3 Å². The summed E-state index contributed by atoms with van der Waals surface area (Å²) < 4.78 is 11.6. The number of rotatable bonds is 5. The maximum atomic E-state index is 13.1. The quantitative estimate of drug-likeness (QED) is 0.782. The molecule has 1 amide bonds. The Morgan fingerprint density at radius 3 is 2.85 bits per heavy atom. The molecule has 0 radical (unpaired) electrons. The largest absolute Gasteiger partial charge is 0.376 e. The van der Waals surface area contributed by atoms with Crippen LogP contribution in [-0.4, -0.2) is 42.8 Å². The van der Waals surface area contributed by atoms with Crippen molar-refractivity contribution < 1.29 is 14.3 Å². The summed E-state index contributed by atoms with van der Waals surface area (Å²) in [6.07, 6.45) is 5.11. The number of hydrogen-bond acceptors (Lipinski definition) is 3. The monoisotopic (exact) mass is 367 g/mol. The Kier molecular flexibility index (Phi) is 5.74. The molecule has 2 aromatic rings. The van der Waals surface area contributed by atoms with E-state index < -0.39 is 6.10 Å². The van der Waals surface area contributed by atoms with Crippen LogP contribution in [0.2, 0.25) is 0 Å². The Bertz CT molecular complexity index is 779. The second-order valence-corrected chi connectivity index (χ2v) is 7.72. The van der Waals surface area contributed by atoms with E-state index in [0.717, 1.165) is 38.8 Å². The van der Waals surface area contributed by atoms with E-state index in [1.165, 1.54) is 22.8 Å². The molecule has 2 saturated heterocycles. The van der Waals surface area contributed by atoms with Crippen molar-refractivity contribution in [3.05, 3.63) is 48.0 Å². The first-order chi connectivity index (χ1) is 13.2. The third kappa shape index (κ3) is 4.02. The van der Waals surface area contributed by atoms with Gasteiger partial charge in [-0.3, -0.25) is 4.79 Å². The summed E-state index contributed by atoms with van der Waals surface area (Å²) >= 11 is 0. The second kappa shape index (κ2) is 8.41. The van der Waals surface area contributed by atoms with Crippen LogP contribution in [0.1, 0.15) is 50.6 Å². The molecule has 0 N–H and O–H groups in total. The van der Waals surface area contributed by atoms with Crippen molar-refractivity contribution >= 4 is 16.7 Å². The minimum absolute atomic E-state index is 0.0984. The van der Waals surface area contributed by atoms with Gasteiger partial charge in [0.25, 0.3) is 5.91 Å². The fraction of sp³-hybridized carbons (Fsp3) is 0.522. The molecular weight excluding hydrogens is 338 g/mol. The van der Waals surface area contributed by atoms with E-state index in [2.05, 4.69) is 42.5 Å². The lowest BCUT2D eigenvalue weighted by Crippen LogP contribution is -2.40. The van der Waals surface area contributed by atoms with E-state index in [-0.39, 0.29) is 18.1 Å². The van der Waals surface area contributed by atoms with Gasteiger partial charge in [0, 0.05) is 13.2 Å². The molecule has 0 aromatic heterocycles. The van der Waals surface area contributed by atoms with E-state index in [1.807, 2.05) is 11.8 Å². The number of ether oxygens (including phenoxy) is 2. The maximum Gasteiger partial charge on any atom is 0.251 e. The van der Waals surface area contributed by atoms with Crippen molar-refractivity contribution in [2.75, 3.05) is 19.8 Å². The van der Waals surface area contributed by atoms with Crippen molar-refractivity contribution in [2.24, 2.45) is 0 Å². The molecule has 27 heavy (non-hydrogen) atoms. The average molecular weight is 367 g/mol. The minimum atomic E-state index is -0.425. The highest BCUT2D eigenvalue weighted by Crippen LogP contribution is 2.36. The van der Waals surface area contributed by atoms with Crippen LogP contribution < -0.4 is 0 Å². The standard InChI is InChI=1S/C23H29NO3/c1-17(27-16-19-10-4-5-15-26-19)23(25)24-14-7-13-22(24)21-12-6-9-18-8-2-3-11-20(18)21/h2-3,6,8-9,11-12,17,19,22H,4-5,7,10,13-16H2,1H3/t17-,19-,22-/m0/s1. The van der Waals surface area contributed by atoms with Gasteiger partial charge in [-0.25, -0.2) is 0 Å². The number of fused-ring (bicyclic) bond motifs is 1. The topological polar surface area (TPSA) is 38.8 Å². The Labute approximate surface area is 161 Å². The molecule has 4 heteroatoms. The van der Waals surface area contributed by atoms with Crippen LogP contribution in [0.15, 0.2) is 42.5 Å². The Hall–Kier alpha value is -1.91. The first kappa shape index (κ1) is 18.5. The highest BCUT2D eigenvalue weighted by molar-refractivity contribution is 5.87. The Morgan fingerprint density at radius 2 is 2.00 bits per heavy atom. The lowest BCUT2D eigenvalue weighted by Gasteiger charge is -2.30. The molecule has 2 heterocycles. The molecule has 144 valence electrons. The molecular formula is C23H29NO3. The maximum absolute atomic E-state index is 13.1. The molecule has 0 unspecified atom stereocenters. The summed E-state index contributed by atoms with van der Waals surface area (Å²) in [4.78, 5) is 15.1. The van der Waals surface area contributed by atoms with Crippen LogP contribution in [0.25, 0.3) is 10.8 Å². The van der Waals surface area contributed by atoms with Gasteiger partial charge in [-0.05, 0) is 55.4 Å². The van der Waals surface area contributed by atoms with Crippen molar-refractivity contribution in [1.29, 1.82) is 0 Å². The molecule has 0 spiro atoms. The third-order valence-corrected chi connectivity index (χ3v) is 5.87. The Balaban J connectivity index is 1.46. The number of amides is 1. The van der Waals surface area contributed by atoms with Gasteiger partial charge in [0.2, 0.25) is 0 Å². The molecule has 2 aliphatic heterocycles. The van der Waals surface area contributed by atoms with Gasteiger partial charge < -0.3 is 14.4 Å². The van der Waals surface area contributed by atoms with Crippen molar-refractivity contribution in [2.45, 2.75) is 57.3 Å². The number of benzene rings is 2. The predicted octanol–water partition coefficient (Wildman–Crippen LogP) is 4.48. The lowest BCUT2D eigenvalue weighted by molar-refractivity contribution is -0.147. The first-order valence-electron chi connectivity index (χ1n) is 10.3. The molecule has 3 atom stereocenters.